The van der Waals surface area contributed by atoms with E-state index in [2.05, 4.69) is 10.6 Å². The normalized spacial score (nSPS) is 12.7. The van der Waals surface area contributed by atoms with Gasteiger partial charge in [0.25, 0.3) is 0 Å². The molecule has 0 saturated heterocycles. The molecule has 23 heavy (non-hydrogen) atoms. The maximum Gasteiger partial charge on any atom is 0.407 e. The summed E-state index contributed by atoms with van der Waals surface area (Å²) in [7, 11) is 0. The van der Waals surface area contributed by atoms with Crippen LogP contribution >= 0.6 is 11.6 Å². The second-order valence-corrected chi connectivity index (χ2v) is 5.26. The highest BCUT2D eigenvalue weighted by Crippen LogP contribution is 2.32. The highest BCUT2D eigenvalue weighted by atomic mass is 35.5. The maximum absolute atomic E-state index is 13.1. The largest absolute Gasteiger partial charge is 0.407 e. The van der Waals surface area contributed by atoms with Crippen LogP contribution in [0.2, 0.25) is 5.02 Å². The summed E-state index contributed by atoms with van der Waals surface area (Å²) in [6.45, 7) is -0.471. The van der Waals surface area contributed by atoms with Crippen LogP contribution < -0.4 is 10.6 Å². The molecule has 122 valence electrons. The summed E-state index contributed by atoms with van der Waals surface area (Å²) in [6, 6.07) is 11.8. The van der Waals surface area contributed by atoms with Crippen molar-refractivity contribution in [3.05, 3.63) is 65.2 Å². The van der Waals surface area contributed by atoms with Gasteiger partial charge in [-0.15, -0.1) is 0 Å². The molecule has 2 N–H and O–H groups in total. The van der Waals surface area contributed by atoms with Gasteiger partial charge in [-0.25, -0.2) is 0 Å². The lowest BCUT2D eigenvalue weighted by molar-refractivity contribution is -0.158. The summed E-state index contributed by atoms with van der Waals surface area (Å²) in [5.41, 5.74) is 0.517. The van der Waals surface area contributed by atoms with Crippen molar-refractivity contribution in [2.75, 3.05) is 11.9 Å². The van der Waals surface area contributed by atoms with Crippen molar-refractivity contribution in [1.29, 1.82) is 0 Å². The fourth-order valence-corrected chi connectivity index (χ4v) is 2.13. The number of halogens is 4. The minimum Gasteiger partial charge on any atom is -0.325 e. The average Bonchev–Trinajstić information content (AvgIpc) is 2.49. The molecule has 0 radical (unpaired) electrons. The maximum atomic E-state index is 13.1. The van der Waals surface area contributed by atoms with Crippen LogP contribution in [0.3, 0.4) is 0 Å². The molecule has 2 aromatic rings. The van der Waals surface area contributed by atoms with Crippen LogP contribution in [-0.2, 0) is 4.79 Å². The molecule has 1 amide bonds. The summed E-state index contributed by atoms with van der Waals surface area (Å²) < 4.78 is 39.4. The highest BCUT2D eigenvalue weighted by molar-refractivity contribution is 6.30. The summed E-state index contributed by atoms with van der Waals surface area (Å²) in [4.78, 5) is 11.8. The third-order valence-electron chi connectivity index (χ3n) is 3.05. The molecule has 0 aromatic heterocycles. The molecular weight excluding hydrogens is 329 g/mol. The lowest BCUT2D eigenvalue weighted by Gasteiger charge is -2.21. The summed E-state index contributed by atoms with van der Waals surface area (Å²) in [5.74, 6) is -0.572. The van der Waals surface area contributed by atoms with E-state index in [1.165, 1.54) is 24.3 Å². The van der Waals surface area contributed by atoms with Crippen LogP contribution in [0.25, 0.3) is 0 Å². The smallest absolute Gasteiger partial charge is 0.325 e. The first kappa shape index (κ1) is 17.3. The Morgan fingerprint density at radius 3 is 2.22 bits per heavy atom. The fourth-order valence-electron chi connectivity index (χ4n) is 2.00. The van der Waals surface area contributed by atoms with Gasteiger partial charge in [-0.2, -0.15) is 13.2 Å². The van der Waals surface area contributed by atoms with Gasteiger partial charge in [-0.3, -0.25) is 10.1 Å². The second-order valence-electron chi connectivity index (χ2n) is 4.82. The molecule has 0 fully saturated rings. The van der Waals surface area contributed by atoms with E-state index in [9.17, 15) is 18.0 Å². The fraction of sp³-hybridized carbons (Fsp3) is 0.188. The summed E-state index contributed by atoms with van der Waals surface area (Å²) in [5, 5.41) is 5.25. The van der Waals surface area contributed by atoms with Crippen molar-refractivity contribution in [2.24, 2.45) is 0 Å². The first-order chi connectivity index (χ1) is 10.9. The number of carbonyl (C=O) groups is 1. The Bertz CT molecular complexity index is 645. The van der Waals surface area contributed by atoms with Gasteiger partial charge in [0.1, 0.15) is 6.04 Å². The van der Waals surface area contributed by atoms with Crippen molar-refractivity contribution < 1.29 is 18.0 Å². The van der Waals surface area contributed by atoms with Crippen LogP contribution in [0.4, 0.5) is 18.9 Å². The Hall–Kier alpha value is -2.05. The molecule has 1 unspecified atom stereocenters. The third-order valence-corrected chi connectivity index (χ3v) is 3.31. The van der Waals surface area contributed by atoms with E-state index < -0.39 is 24.7 Å². The average molecular weight is 343 g/mol. The number of hydrogen-bond acceptors (Lipinski definition) is 2. The van der Waals surface area contributed by atoms with Crippen LogP contribution in [0, 0.1) is 0 Å². The van der Waals surface area contributed by atoms with Gasteiger partial charge >= 0.3 is 6.18 Å². The topological polar surface area (TPSA) is 41.1 Å². The number of hydrogen-bond donors (Lipinski definition) is 2. The predicted molar refractivity (Wildman–Crippen MR) is 83.3 cm³/mol. The molecule has 2 aromatic carbocycles. The zero-order valence-corrected chi connectivity index (χ0v) is 12.7. The zero-order chi connectivity index (χ0) is 16.9. The van der Waals surface area contributed by atoms with E-state index in [1.54, 1.807) is 30.3 Å². The van der Waals surface area contributed by atoms with Crippen LogP contribution in [0.15, 0.2) is 54.6 Å². The predicted octanol–water partition coefficient (Wildman–Crippen LogP) is 4.17. The summed E-state index contributed by atoms with van der Waals surface area (Å²) in [6.07, 6.45) is -4.50. The third kappa shape index (κ3) is 5.26. The summed E-state index contributed by atoms with van der Waals surface area (Å²) >= 11 is 5.72. The minimum absolute atomic E-state index is 0.0549. The zero-order valence-electron chi connectivity index (χ0n) is 11.9. The van der Waals surface area contributed by atoms with Gasteiger partial charge in [-0.1, -0.05) is 41.9 Å². The van der Waals surface area contributed by atoms with Crippen molar-refractivity contribution in [3.63, 3.8) is 0 Å². The molecule has 7 heteroatoms. The first-order valence-corrected chi connectivity index (χ1v) is 7.14. The molecule has 3 nitrogen and oxygen atoms in total. The Kier molecular flexibility index (Phi) is 5.63. The van der Waals surface area contributed by atoms with Gasteiger partial charge in [0.05, 0.1) is 6.54 Å². The molecule has 0 bridgehead atoms. The minimum atomic E-state index is -4.50. The van der Waals surface area contributed by atoms with E-state index in [0.29, 0.717) is 10.7 Å². The quantitative estimate of drug-likeness (QED) is 0.856. The van der Waals surface area contributed by atoms with Crippen LogP contribution in [-0.4, -0.2) is 18.6 Å². The van der Waals surface area contributed by atoms with E-state index >= 15 is 0 Å². The van der Waals surface area contributed by atoms with Crippen LogP contribution in [0.5, 0.6) is 0 Å². The lowest BCUT2D eigenvalue weighted by Crippen LogP contribution is -2.38. The van der Waals surface area contributed by atoms with Crippen molar-refractivity contribution >= 4 is 23.2 Å². The van der Waals surface area contributed by atoms with Crippen molar-refractivity contribution in [1.82, 2.24) is 5.32 Å². The van der Waals surface area contributed by atoms with Gasteiger partial charge in [0, 0.05) is 10.7 Å². The van der Waals surface area contributed by atoms with Gasteiger partial charge < -0.3 is 5.32 Å². The van der Waals surface area contributed by atoms with E-state index in [0.717, 1.165) is 0 Å². The van der Waals surface area contributed by atoms with Crippen LogP contribution in [0.1, 0.15) is 11.6 Å². The number of benzene rings is 2. The molecule has 0 aliphatic heterocycles. The Balaban J connectivity index is 1.98. The SMILES string of the molecule is O=C(CNC(c1ccccc1)C(F)(F)F)Nc1ccc(Cl)cc1. The molecule has 0 heterocycles. The second kappa shape index (κ2) is 7.48. The lowest BCUT2D eigenvalue weighted by atomic mass is 10.1. The van der Waals surface area contributed by atoms with E-state index in [4.69, 9.17) is 11.6 Å². The standard InChI is InChI=1S/C16H14ClF3N2O/c17-12-6-8-13(9-7-12)22-14(23)10-21-15(16(18,19)20)11-4-2-1-3-5-11/h1-9,15,21H,10H2,(H,22,23). The van der Waals surface area contributed by atoms with Gasteiger partial charge in [0.15, 0.2) is 0 Å². The molecule has 2 rings (SSSR count). The van der Waals surface area contributed by atoms with Gasteiger partial charge in [0.2, 0.25) is 5.91 Å². The Morgan fingerprint density at radius 1 is 1.04 bits per heavy atom. The highest BCUT2D eigenvalue weighted by Gasteiger charge is 2.40. The molecule has 0 saturated carbocycles. The molecule has 1 atom stereocenters. The molecule has 0 aliphatic rings. The van der Waals surface area contributed by atoms with E-state index in [1.807, 2.05) is 0 Å². The number of nitrogens with one attached hydrogen (secondary N) is 2. The molecule has 0 spiro atoms. The first-order valence-electron chi connectivity index (χ1n) is 6.77. The Labute approximate surface area is 136 Å². The monoisotopic (exact) mass is 342 g/mol. The number of anilines is 1. The molecular formula is C16H14ClF3N2O. The van der Waals surface area contributed by atoms with E-state index in [-0.39, 0.29) is 5.56 Å². The van der Waals surface area contributed by atoms with Crippen molar-refractivity contribution in [2.45, 2.75) is 12.2 Å². The molecule has 0 aliphatic carbocycles. The number of amides is 1. The number of rotatable bonds is 5. The Morgan fingerprint density at radius 2 is 1.65 bits per heavy atom. The number of carbonyl (C=O) groups excluding carboxylic acids is 1. The number of alkyl halides is 3. The van der Waals surface area contributed by atoms with Gasteiger partial charge in [-0.05, 0) is 29.8 Å². The van der Waals surface area contributed by atoms with Crippen molar-refractivity contribution in [3.8, 4) is 0 Å².